The molecule has 3 heteroatoms. The van der Waals surface area contributed by atoms with Crippen molar-refractivity contribution in [3.63, 3.8) is 0 Å². The van der Waals surface area contributed by atoms with Gasteiger partial charge in [0.25, 0.3) is 0 Å². The summed E-state index contributed by atoms with van der Waals surface area (Å²) >= 11 is 0. The van der Waals surface area contributed by atoms with E-state index in [1.54, 1.807) is 24.4 Å². The number of carbonyl (C=O) groups is 1. The molecule has 0 aliphatic rings. The lowest BCUT2D eigenvalue weighted by Gasteiger charge is -2.11. The van der Waals surface area contributed by atoms with Gasteiger partial charge in [-0.2, -0.15) is 0 Å². The second kappa shape index (κ2) is 4.40. The lowest BCUT2D eigenvalue weighted by Crippen LogP contribution is -2.07. The van der Waals surface area contributed by atoms with Crippen LogP contribution in [0.3, 0.4) is 0 Å². The SMILES string of the molecule is C=C[C@@H](OC(C)=O)c1ccccn1. The van der Waals surface area contributed by atoms with Crippen LogP contribution in [0.2, 0.25) is 0 Å². The van der Waals surface area contributed by atoms with E-state index >= 15 is 0 Å². The third-order valence-electron chi connectivity index (χ3n) is 1.49. The molecular weight excluding hydrogens is 166 g/mol. The Hall–Kier alpha value is -1.64. The smallest absolute Gasteiger partial charge is 0.303 e. The molecule has 0 spiro atoms. The number of esters is 1. The Morgan fingerprint density at radius 2 is 2.46 bits per heavy atom. The summed E-state index contributed by atoms with van der Waals surface area (Å²) in [6.45, 7) is 4.93. The van der Waals surface area contributed by atoms with Crippen LogP contribution in [-0.2, 0) is 9.53 Å². The summed E-state index contributed by atoms with van der Waals surface area (Å²) in [6.07, 6.45) is 2.75. The maximum absolute atomic E-state index is 10.7. The number of carbonyl (C=O) groups excluding carboxylic acids is 1. The Bertz CT molecular complexity index is 295. The van der Waals surface area contributed by atoms with Crippen molar-refractivity contribution in [2.24, 2.45) is 0 Å². The van der Waals surface area contributed by atoms with Gasteiger partial charge in [0.15, 0.2) is 6.10 Å². The molecule has 0 fully saturated rings. The van der Waals surface area contributed by atoms with Crippen LogP contribution in [0.25, 0.3) is 0 Å². The van der Waals surface area contributed by atoms with Gasteiger partial charge in [-0.25, -0.2) is 0 Å². The third-order valence-corrected chi connectivity index (χ3v) is 1.49. The summed E-state index contributed by atoms with van der Waals surface area (Å²) < 4.78 is 4.97. The van der Waals surface area contributed by atoms with Crippen molar-refractivity contribution < 1.29 is 9.53 Å². The first-order valence-corrected chi connectivity index (χ1v) is 3.94. The lowest BCUT2D eigenvalue weighted by molar-refractivity contribution is -0.144. The van der Waals surface area contributed by atoms with Gasteiger partial charge in [-0.05, 0) is 18.2 Å². The van der Waals surface area contributed by atoms with Gasteiger partial charge in [0.05, 0.1) is 5.69 Å². The minimum atomic E-state index is -0.446. The molecule has 68 valence electrons. The van der Waals surface area contributed by atoms with Crippen LogP contribution in [0.5, 0.6) is 0 Å². The Morgan fingerprint density at radius 1 is 1.69 bits per heavy atom. The van der Waals surface area contributed by atoms with Gasteiger partial charge in [-0.3, -0.25) is 9.78 Å². The Morgan fingerprint density at radius 3 is 2.92 bits per heavy atom. The molecule has 0 aromatic carbocycles. The fraction of sp³-hybridized carbons (Fsp3) is 0.200. The normalized spacial score (nSPS) is 11.8. The summed E-state index contributed by atoms with van der Waals surface area (Å²) in [5.41, 5.74) is 0.688. The summed E-state index contributed by atoms with van der Waals surface area (Å²) in [5, 5.41) is 0. The molecular formula is C10H11NO2. The van der Waals surface area contributed by atoms with E-state index in [1.165, 1.54) is 6.92 Å². The van der Waals surface area contributed by atoms with E-state index < -0.39 is 6.10 Å². The molecule has 1 rings (SSSR count). The van der Waals surface area contributed by atoms with Crippen molar-refractivity contribution in [2.45, 2.75) is 13.0 Å². The molecule has 1 aromatic heterocycles. The van der Waals surface area contributed by atoms with Crippen molar-refractivity contribution in [2.75, 3.05) is 0 Å². The van der Waals surface area contributed by atoms with Crippen LogP contribution in [0, 0.1) is 0 Å². The molecule has 0 saturated carbocycles. The van der Waals surface area contributed by atoms with Crippen molar-refractivity contribution in [1.82, 2.24) is 4.98 Å². The fourth-order valence-electron chi connectivity index (χ4n) is 0.952. The summed E-state index contributed by atoms with van der Waals surface area (Å²) in [6, 6.07) is 5.43. The monoisotopic (exact) mass is 177 g/mol. The molecule has 1 aromatic rings. The summed E-state index contributed by atoms with van der Waals surface area (Å²) in [4.78, 5) is 14.7. The van der Waals surface area contributed by atoms with E-state index in [9.17, 15) is 4.79 Å². The average molecular weight is 177 g/mol. The molecule has 0 N–H and O–H groups in total. The van der Waals surface area contributed by atoms with Gasteiger partial charge < -0.3 is 4.74 Å². The van der Waals surface area contributed by atoms with Gasteiger partial charge in [-0.1, -0.05) is 12.6 Å². The number of ether oxygens (including phenoxy) is 1. The molecule has 1 heterocycles. The largest absolute Gasteiger partial charge is 0.452 e. The Labute approximate surface area is 77.1 Å². The average Bonchev–Trinajstić information content (AvgIpc) is 2.15. The van der Waals surface area contributed by atoms with E-state index in [4.69, 9.17) is 4.74 Å². The van der Waals surface area contributed by atoms with E-state index in [1.807, 2.05) is 6.07 Å². The zero-order valence-electron chi connectivity index (χ0n) is 7.43. The minimum absolute atomic E-state index is 0.337. The van der Waals surface area contributed by atoms with Gasteiger partial charge in [0.2, 0.25) is 0 Å². The molecule has 0 amide bonds. The molecule has 13 heavy (non-hydrogen) atoms. The predicted octanol–water partition coefficient (Wildman–Crippen LogP) is 1.87. The van der Waals surface area contributed by atoms with Crippen molar-refractivity contribution >= 4 is 5.97 Å². The quantitative estimate of drug-likeness (QED) is 0.522. The number of hydrogen-bond donors (Lipinski definition) is 0. The molecule has 1 atom stereocenters. The highest BCUT2D eigenvalue weighted by atomic mass is 16.5. The standard InChI is InChI=1S/C10H11NO2/c1-3-10(13-8(2)12)9-6-4-5-7-11-9/h3-7,10H,1H2,2H3/t10-/m1/s1. The minimum Gasteiger partial charge on any atom is -0.452 e. The zero-order valence-corrected chi connectivity index (χ0v) is 7.43. The zero-order chi connectivity index (χ0) is 9.68. The van der Waals surface area contributed by atoms with E-state index in [-0.39, 0.29) is 5.97 Å². The van der Waals surface area contributed by atoms with E-state index in [0.717, 1.165) is 0 Å². The van der Waals surface area contributed by atoms with Crippen molar-refractivity contribution in [1.29, 1.82) is 0 Å². The predicted molar refractivity (Wildman–Crippen MR) is 48.9 cm³/mol. The number of hydrogen-bond acceptors (Lipinski definition) is 3. The topological polar surface area (TPSA) is 39.2 Å². The molecule has 0 aliphatic carbocycles. The van der Waals surface area contributed by atoms with E-state index in [2.05, 4.69) is 11.6 Å². The third kappa shape index (κ3) is 2.71. The molecule has 0 unspecified atom stereocenters. The van der Waals surface area contributed by atoms with Crippen LogP contribution in [0.4, 0.5) is 0 Å². The van der Waals surface area contributed by atoms with Gasteiger partial charge in [0, 0.05) is 13.1 Å². The number of aromatic nitrogens is 1. The Kier molecular flexibility index (Phi) is 3.20. The maximum atomic E-state index is 10.7. The number of pyridine rings is 1. The van der Waals surface area contributed by atoms with Crippen LogP contribution in [0.15, 0.2) is 37.1 Å². The lowest BCUT2D eigenvalue weighted by atomic mass is 10.2. The highest BCUT2D eigenvalue weighted by molar-refractivity contribution is 5.66. The van der Waals surface area contributed by atoms with Crippen LogP contribution < -0.4 is 0 Å². The molecule has 0 saturated heterocycles. The first-order chi connectivity index (χ1) is 6.24. The van der Waals surface area contributed by atoms with Gasteiger partial charge in [0.1, 0.15) is 0 Å². The van der Waals surface area contributed by atoms with Crippen LogP contribution >= 0.6 is 0 Å². The van der Waals surface area contributed by atoms with E-state index in [0.29, 0.717) is 5.69 Å². The molecule has 0 aliphatic heterocycles. The first kappa shape index (κ1) is 9.45. The molecule has 0 bridgehead atoms. The van der Waals surface area contributed by atoms with Crippen LogP contribution in [-0.4, -0.2) is 11.0 Å². The fourth-order valence-corrected chi connectivity index (χ4v) is 0.952. The number of nitrogens with zero attached hydrogens (tertiary/aromatic N) is 1. The number of rotatable bonds is 3. The second-order valence-corrected chi connectivity index (χ2v) is 2.52. The van der Waals surface area contributed by atoms with Gasteiger partial charge >= 0.3 is 5.97 Å². The summed E-state index contributed by atoms with van der Waals surface area (Å²) in [5.74, 6) is -0.337. The van der Waals surface area contributed by atoms with Crippen molar-refractivity contribution in [3.05, 3.63) is 42.7 Å². The molecule has 3 nitrogen and oxygen atoms in total. The first-order valence-electron chi connectivity index (χ1n) is 3.94. The second-order valence-electron chi connectivity index (χ2n) is 2.52. The van der Waals surface area contributed by atoms with Gasteiger partial charge in [-0.15, -0.1) is 0 Å². The highest BCUT2D eigenvalue weighted by Crippen LogP contribution is 2.15. The van der Waals surface area contributed by atoms with Crippen molar-refractivity contribution in [3.8, 4) is 0 Å². The maximum Gasteiger partial charge on any atom is 0.303 e. The Balaban J connectivity index is 2.78. The highest BCUT2D eigenvalue weighted by Gasteiger charge is 2.10. The molecule has 0 radical (unpaired) electrons. The van der Waals surface area contributed by atoms with Crippen LogP contribution in [0.1, 0.15) is 18.7 Å². The summed E-state index contributed by atoms with van der Waals surface area (Å²) in [7, 11) is 0.